The van der Waals surface area contributed by atoms with Crippen molar-refractivity contribution < 1.29 is 19.2 Å². The molecular formula is C31H40Cl2N2O5. The van der Waals surface area contributed by atoms with Crippen LogP contribution in [0.5, 0.6) is 5.75 Å². The van der Waals surface area contributed by atoms with Crippen LogP contribution >= 0.6 is 23.2 Å². The third kappa shape index (κ3) is 13.0. The molecule has 7 nitrogen and oxygen atoms in total. The molecule has 1 amide bonds. The van der Waals surface area contributed by atoms with Crippen LogP contribution < -0.4 is 10.1 Å². The van der Waals surface area contributed by atoms with Crippen LogP contribution in [0.3, 0.4) is 0 Å². The number of unbranched alkanes of at least 4 members (excludes halogenated alkanes) is 11. The summed E-state index contributed by atoms with van der Waals surface area (Å²) in [7, 11) is 0. The van der Waals surface area contributed by atoms with Crippen molar-refractivity contribution >= 4 is 46.5 Å². The van der Waals surface area contributed by atoms with Gasteiger partial charge in [0.25, 0.3) is 11.6 Å². The fourth-order valence-corrected chi connectivity index (χ4v) is 4.59. The zero-order valence-corrected chi connectivity index (χ0v) is 24.8. The number of anilines is 1. The number of nitrogens with zero attached hydrogens (tertiary/aromatic N) is 1. The van der Waals surface area contributed by atoms with Crippen molar-refractivity contribution in [1.29, 1.82) is 0 Å². The third-order valence-corrected chi connectivity index (χ3v) is 7.01. The van der Waals surface area contributed by atoms with E-state index in [2.05, 4.69) is 24.4 Å². The zero-order chi connectivity index (χ0) is 29.2. The van der Waals surface area contributed by atoms with E-state index in [4.69, 9.17) is 27.9 Å². The fraction of sp³-hybridized carbons (Fsp3) is 0.484. The quantitative estimate of drug-likeness (QED) is 0.0438. The van der Waals surface area contributed by atoms with E-state index in [-0.39, 0.29) is 39.2 Å². The average Bonchev–Trinajstić information content (AvgIpc) is 2.92. The summed E-state index contributed by atoms with van der Waals surface area (Å²) in [5.74, 6) is -0.956. The van der Waals surface area contributed by atoms with Gasteiger partial charge in [-0.3, -0.25) is 19.7 Å². The summed E-state index contributed by atoms with van der Waals surface area (Å²) in [6.45, 7) is 2.24. The first-order valence-electron chi connectivity index (χ1n) is 14.2. The van der Waals surface area contributed by atoms with Gasteiger partial charge in [-0.2, -0.15) is 0 Å². The van der Waals surface area contributed by atoms with Crippen LogP contribution in [0.25, 0.3) is 0 Å². The molecule has 9 heteroatoms. The Bertz CT molecular complexity index is 1140. The van der Waals surface area contributed by atoms with E-state index in [1.54, 1.807) is 0 Å². The van der Waals surface area contributed by atoms with Crippen molar-refractivity contribution in [3.8, 4) is 5.75 Å². The number of ether oxygens (including phenoxy) is 1. The molecular weight excluding hydrogens is 551 g/mol. The standard InChI is InChI=1S/C31H40Cl2N2O5/c1-2-3-4-5-6-7-8-9-10-11-12-13-14-15-16-17-30(36)40-29-21-18-24(32)22-26(29)31(37)34-28-20-19-25(35(38)39)23-27(28)33/h9-10,18-23H,2-8,11-17H2,1H3,(H,34,37). The second kappa shape index (κ2) is 19.2. The van der Waals surface area contributed by atoms with E-state index in [9.17, 15) is 19.7 Å². The lowest BCUT2D eigenvalue weighted by molar-refractivity contribution is -0.384. The molecule has 2 aromatic rings. The number of hydrogen-bond donors (Lipinski definition) is 1. The first-order chi connectivity index (χ1) is 19.3. The Balaban J connectivity index is 1.69. The summed E-state index contributed by atoms with van der Waals surface area (Å²) in [5.41, 5.74) is 0.0404. The summed E-state index contributed by atoms with van der Waals surface area (Å²) in [6.07, 6.45) is 20.1. The van der Waals surface area contributed by atoms with Crippen molar-refractivity contribution in [1.82, 2.24) is 0 Å². The van der Waals surface area contributed by atoms with Crippen LogP contribution in [-0.2, 0) is 4.79 Å². The molecule has 0 fully saturated rings. The van der Waals surface area contributed by atoms with Gasteiger partial charge in [-0.1, -0.05) is 93.6 Å². The van der Waals surface area contributed by atoms with Gasteiger partial charge in [-0.05, 0) is 56.4 Å². The molecule has 0 spiro atoms. The second-order valence-corrected chi connectivity index (χ2v) is 10.7. The molecule has 0 bridgehead atoms. The summed E-state index contributed by atoms with van der Waals surface area (Å²) >= 11 is 12.1. The Morgan fingerprint density at radius 2 is 1.50 bits per heavy atom. The number of nitro benzene ring substituents is 1. The lowest BCUT2D eigenvalue weighted by Crippen LogP contribution is -2.16. The molecule has 218 valence electrons. The zero-order valence-electron chi connectivity index (χ0n) is 23.3. The highest BCUT2D eigenvalue weighted by Gasteiger charge is 2.18. The molecule has 2 aromatic carbocycles. The number of hydrogen-bond acceptors (Lipinski definition) is 5. The Morgan fingerprint density at radius 1 is 0.875 bits per heavy atom. The van der Waals surface area contributed by atoms with Crippen molar-refractivity contribution in [2.45, 2.75) is 96.8 Å². The Labute approximate surface area is 247 Å². The number of amides is 1. The highest BCUT2D eigenvalue weighted by molar-refractivity contribution is 6.34. The summed E-state index contributed by atoms with van der Waals surface area (Å²) < 4.78 is 5.47. The first kappa shape index (κ1) is 33.3. The fourth-order valence-electron chi connectivity index (χ4n) is 4.19. The van der Waals surface area contributed by atoms with Gasteiger partial charge in [-0.25, -0.2) is 0 Å². The molecule has 0 heterocycles. The molecule has 0 aliphatic carbocycles. The molecule has 2 rings (SSSR count). The molecule has 0 radical (unpaired) electrons. The molecule has 0 aliphatic rings. The Kier molecular flexibility index (Phi) is 16.0. The predicted octanol–water partition coefficient (Wildman–Crippen LogP) is 10.1. The van der Waals surface area contributed by atoms with Crippen LogP contribution in [0.4, 0.5) is 11.4 Å². The number of rotatable bonds is 19. The minimum Gasteiger partial charge on any atom is -0.426 e. The normalized spacial score (nSPS) is 11.1. The van der Waals surface area contributed by atoms with Gasteiger partial charge < -0.3 is 10.1 Å². The van der Waals surface area contributed by atoms with Gasteiger partial charge in [0.15, 0.2) is 0 Å². The summed E-state index contributed by atoms with van der Waals surface area (Å²) in [5, 5.41) is 13.8. The molecule has 0 aromatic heterocycles. The number of esters is 1. The van der Waals surface area contributed by atoms with E-state index < -0.39 is 16.8 Å². The lowest BCUT2D eigenvalue weighted by Gasteiger charge is -2.12. The molecule has 0 unspecified atom stereocenters. The maximum Gasteiger partial charge on any atom is 0.311 e. The van der Waals surface area contributed by atoms with Gasteiger partial charge in [0.05, 0.1) is 21.2 Å². The van der Waals surface area contributed by atoms with Crippen LogP contribution in [0.2, 0.25) is 10.0 Å². The highest BCUT2D eigenvalue weighted by atomic mass is 35.5. The van der Waals surface area contributed by atoms with Gasteiger partial charge in [-0.15, -0.1) is 0 Å². The average molecular weight is 592 g/mol. The molecule has 40 heavy (non-hydrogen) atoms. The number of carbonyl (C=O) groups excluding carboxylic acids is 2. The van der Waals surface area contributed by atoms with Gasteiger partial charge in [0, 0.05) is 23.6 Å². The first-order valence-corrected chi connectivity index (χ1v) is 15.0. The van der Waals surface area contributed by atoms with Crippen LogP contribution in [0.1, 0.15) is 107 Å². The van der Waals surface area contributed by atoms with Gasteiger partial charge in [0.1, 0.15) is 5.75 Å². The highest BCUT2D eigenvalue weighted by Crippen LogP contribution is 2.29. The monoisotopic (exact) mass is 590 g/mol. The number of allylic oxidation sites excluding steroid dienone is 2. The van der Waals surface area contributed by atoms with Gasteiger partial charge in [0.2, 0.25) is 0 Å². The lowest BCUT2D eigenvalue weighted by atomic mass is 10.1. The van der Waals surface area contributed by atoms with E-state index in [0.717, 1.165) is 38.2 Å². The van der Waals surface area contributed by atoms with Crippen LogP contribution in [0.15, 0.2) is 48.6 Å². The van der Waals surface area contributed by atoms with Crippen molar-refractivity contribution in [3.05, 3.63) is 74.3 Å². The molecule has 1 N–H and O–H groups in total. The van der Waals surface area contributed by atoms with E-state index >= 15 is 0 Å². The molecule has 0 atom stereocenters. The minimum atomic E-state index is -0.609. The summed E-state index contributed by atoms with van der Waals surface area (Å²) in [6, 6.07) is 8.09. The Hall–Kier alpha value is -2.90. The third-order valence-electron chi connectivity index (χ3n) is 6.46. The van der Waals surface area contributed by atoms with E-state index in [0.29, 0.717) is 6.42 Å². The van der Waals surface area contributed by atoms with E-state index in [1.807, 2.05) is 0 Å². The van der Waals surface area contributed by atoms with Crippen molar-refractivity contribution in [2.75, 3.05) is 5.32 Å². The number of nitrogens with one attached hydrogen (secondary N) is 1. The number of non-ortho nitro benzene ring substituents is 1. The van der Waals surface area contributed by atoms with E-state index in [1.165, 1.54) is 75.3 Å². The smallest absolute Gasteiger partial charge is 0.311 e. The minimum absolute atomic E-state index is 0.00677. The molecule has 0 aliphatic heterocycles. The van der Waals surface area contributed by atoms with Crippen LogP contribution in [0, 0.1) is 10.1 Å². The maximum atomic E-state index is 12.9. The number of benzene rings is 2. The number of nitro groups is 1. The predicted molar refractivity (Wildman–Crippen MR) is 163 cm³/mol. The number of halogens is 2. The SMILES string of the molecule is CCCCCCCCC=CCCCCCCCC(=O)Oc1ccc(Cl)cc1C(=O)Nc1ccc([N+](=O)[O-])cc1Cl. The largest absolute Gasteiger partial charge is 0.426 e. The molecule has 0 saturated carbocycles. The Morgan fingerprint density at radius 3 is 2.12 bits per heavy atom. The van der Waals surface area contributed by atoms with Crippen molar-refractivity contribution in [2.24, 2.45) is 0 Å². The van der Waals surface area contributed by atoms with Gasteiger partial charge >= 0.3 is 5.97 Å². The van der Waals surface area contributed by atoms with Crippen molar-refractivity contribution in [3.63, 3.8) is 0 Å². The number of carbonyl (C=O) groups is 2. The van der Waals surface area contributed by atoms with Crippen LogP contribution in [-0.4, -0.2) is 16.8 Å². The second-order valence-electron chi connectivity index (χ2n) is 9.82. The summed E-state index contributed by atoms with van der Waals surface area (Å²) in [4.78, 5) is 35.7. The molecule has 0 saturated heterocycles. The maximum absolute atomic E-state index is 12.9. The topological polar surface area (TPSA) is 98.5 Å².